The average Bonchev–Trinajstić information content (AvgIpc) is 2.99. The second kappa shape index (κ2) is 8.70. The predicted molar refractivity (Wildman–Crippen MR) is 124 cm³/mol. The summed E-state index contributed by atoms with van der Waals surface area (Å²) in [5.41, 5.74) is 3.63. The minimum Gasteiger partial charge on any atom is -0.408 e. The molecule has 1 fully saturated rings. The van der Waals surface area contributed by atoms with E-state index in [0.717, 1.165) is 23.1 Å². The standard InChI is InChI=1S/C25H24N4O3/c30-24(27-23-12-6-9-19(17-26-23)18-7-2-1-3-8-18)28-15-13-20(14-16-28)29-21-10-4-5-11-22(21)32-25(29)31/h1-8,10-12,17,20H,9,13-16H2,(H,26,27,30). The largest absolute Gasteiger partial charge is 0.420 e. The molecule has 0 bridgehead atoms. The molecule has 1 aromatic heterocycles. The van der Waals surface area contributed by atoms with Crippen molar-refractivity contribution in [3.8, 4) is 0 Å². The second-order valence-corrected chi connectivity index (χ2v) is 8.00. The van der Waals surface area contributed by atoms with Crippen molar-refractivity contribution in [1.82, 2.24) is 14.8 Å². The van der Waals surface area contributed by atoms with Gasteiger partial charge < -0.3 is 9.32 Å². The Hall–Kier alpha value is -3.87. The van der Waals surface area contributed by atoms with E-state index in [-0.39, 0.29) is 17.8 Å². The fourth-order valence-corrected chi connectivity index (χ4v) is 4.30. The highest BCUT2D eigenvalue weighted by molar-refractivity contribution is 6.04. The number of likely N-dealkylation sites (tertiary alicyclic amines) is 1. The lowest BCUT2D eigenvalue weighted by molar-refractivity contribution is 0.175. The van der Waals surface area contributed by atoms with E-state index in [4.69, 9.17) is 4.42 Å². The smallest absolute Gasteiger partial charge is 0.408 e. The summed E-state index contributed by atoms with van der Waals surface area (Å²) < 4.78 is 7.09. The molecule has 0 unspecified atom stereocenters. The van der Waals surface area contributed by atoms with Gasteiger partial charge in [0.25, 0.3) is 0 Å². The number of piperidine rings is 1. The van der Waals surface area contributed by atoms with Gasteiger partial charge in [-0.1, -0.05) is 48.5 Å². The molecule has 1 N–H and O–H groups in total. The van der Waals surface area contributed by atoms with Crippen LogP contribution in [0, 0.1) is 0 Å². The number of fused-ring (bicyclic) bond motifs is 1. The quantitative estimate of drug-likeness (QED) is 0.659. The summed E-state index contributed by atoms with van der Waals surface area (Å²) in [6.07, 6.45) is 7.80. The fraction of sp³-hybridized carbons (Fsp3) is 0.240. The van der Waals surface area contributed by atoms with Crippen LogP contribution >= 0.6 is 0 Å². The maximum atomic E-state index is 12.8. The van der Waals surface area contributed by atoms with Gasteiger partial charge in [0.1, 0.15) is 5.84 Å². The minimum absolute atomic E-state index is 0.0154. The van der Waals surface area contributed by atoms with Gasteiger partial charge in [-0.25, -0.2) is 14.6 Å². The Bertz CT molecular complexity index is 1280. The van der Waals surface area contributed by atoms with Crippen LogP contribution in [0.15, 0.2) is 87.2 Å². The normalized spacial score (nSPS) is 17.1. The summed E-state index contributed by atoms with van der Waals surface area (Å²) in [6, 6.07) is 17.4. The number of hydrogen-bond acceptors (Lipinski definition) is 4. The van der Waals surface area contributed by atoms with E-state index >= 15 is 0 Å². The Labute approximate surface area is 185 Å². The molecule has 1 saturated heterocycles. The Kier molecular flexibility index (Phi) is 5.46. The third-order valence-electron chi connectivity index (χ3n) is 5.99. The molecular weight excluding hydrogens is 404 g/mol. The summed E-state index contributed by atoms with van der Waals surface area (Å²) in [7, 11) is 0. The molecule has 2 aliphatic heterocycles. The number of hydrogen-bond donors (Lipinski definition) is 1. The lowest BCUT2D eigenvalue weighted by Gasteiger charge is -2.32. The van der Waals surface area contributed by atoms with E-state index in [0.29, 0.717) is 37.3 Å². The van der Waals surface area contributed by atoms with E-state index < -0.39 is 0 Å². The third kappa shape index (κ3) is 4.01. The van der Waals surface area contributed by atoms with Crippen LogP contribution < -0.4 is 11.1 Å². The number of carbonyl (C=O) groups is 1. The van der Waals surface area contributed by atoms with Gasteiger partial charge >= 0.3 is 11.8 Å². The molecule has 162 valence electrons. The highest BCUT2D eigenvalue weighted by atomic mass is 16.4. The SMILES string of the molecule is O=C(NC1=NC=C(c2ccccc2)CC=C1)N1CCC(n2c(=O)oc3ccccc32)CC1. The number of nitrogens with zero attached hydrogens (tertiary/aromatic N) is 3. The van der Waals surface area contributed by atoms with Crippen LogP contribution in [0.1, 0.15) is 30.9 Å². The van der Waals surface area contributed by atoms with E-state index in [1.54, 1.807) is 15.5 Å². The van der Waals surface area contributed by atoms with Gasteiger partial charge in [0.05, 0.1) is 5.52 Å². The van der Waals surface area contributed by atoms with Crippen molar-refractivity contribution in [2.75, 3.05) is 13.1 Å². The number of aliphatic imine (C=N–C) groups is 1. The van der Waals surface area contributed by atoms with Crippen molar-refractivity contribution in [2.24, 2.45) is 4.99 Å². The molecular formula is C25H24N4O3. The lowest BCUT2D eigenvalue weighted by atomic mass is 10.0. The number of rotatable bonds is 2. The van der Waals surface area contributed by atoms with Gasteiger partial charge in [-0.15, -0.1) is 0 Å². The monoisotopic (exact) mass is 428 g/mol. The molecule has 0 atom stereocenters. The molecule has 2 amide bonds. The highest BCUT2D eigenvalue weighted by Gasteiger charge is 2.27. The Balaban J connectivity index is 1.23. The molecule has 5 rings (SSSR count). The van der Waals surface area contributed by atoms with Crippen LogP contribution in [0.2, 0.25) is 0 Å². The number of aromatic nitrogens is 1. The third-order valence-corrected chi connectivity index (χ3v) is 5.99. The summed E-state index contributed by atoms with van der Waals surface area (Å²) in [4.78, 5) is 31.4. The molecule has 3 heterocycles. The first-order chi connectivity index (χ1) is 15.7. The van der Waals surface area contributed by atoms with Crippen molar-refractivity contribution in [2.45, 2.75) is 25.3 Å². The number of allylic oxidation sites excluding steroid dienone is 2. The van der Waals surface area contributed by atoms with Gasteiger partial charge in [-0.3, -0.25) is 9.88 Å². The van der Waals surface area contributed by atoms with Crippen molar-refractivity contribution >= 4 is 28.5 Å². The van der Waals surface area contributed by atoms with Crippen molar-refractivity contribution in [3.05, 3.63) is 89.1 Å². The van der Waals surface area contributed by atoms with E-state index in [2.05, 4.69) is 22.4 Å². The van der Waals surface area contributed by atoms with Gasteiger partial charge in [-0.05, 0) is 48.6 Å². The summed E-state index contributed by atoms with van der Waals surface area (Å²) in [5.74, 6) is 0.188. The van der Waals surface area contributed by atoms with Gasteiger partial charge in [0.2, 0.25) is 0 Å². The molecule has 7 heteroatoms. The molecule has 0 saturated carbocycles. The first-order valence-electron chi connectivity index (χ1n) is 10.8. The number of nitrogens with one attached hydrogen (secondary N) is 1. The molecule has 32 heavy (non-hydrogen) atoms. The van der Waals surface area contributed by atoms with E-state index in [1.165, 1.54) is 0 Å². The van der Waals surface area contributed by atoms with Gasteiger partial charge in [0, 0.05) is 25.3 Å². The van der Waals surface area contributed by atoms with Crippen LogP contribution in [-0.2, 0) is 0 Å². The van der Waals surface area contributed by atoms with Crippen LogP contribution in [-0.4, -0.2) is 34.4 Å². The Morgan fingerprint density at radius 3 is 2.59 bits per heavy atom. The zero-order valence-corrected chi connectivity index (χ0v) is 17.6. The first kappa shape index (κ1) is 20.1. The molecule has 2 aromatic carbocycles. The number of amidine groups is 1. The molecule has 0 aliphatic carbocycles. The molecule has 3 aromatic rings. The van der Waals surface area contributed by atoms with Crippen LogP contribution in [0.5, 0.6) is 0 Å². The van der Waals surface area contributed by atoms with Gasteiger partial charge in [-0.2, -0.15) is 0 Å². The van der Waals surface area contributed by atoms with Crippen molar-refractivity contribution in [3.63, 3.8) is 0 Å². The molecule has 0 radical (unpaired) electrons. The summed E-state index contributed by atoms with van der Waals surface area (Å²) in [6.45, 7) is 1.12. The minimum atomic E-state index is -0.340. The zero-order valence-electron chi connectivity index (χ0n) is 17.6. The Morgan fingerprint density at radius 1 is 1.03 bits per heavy atom. The number of urea groups is 1. The molecule has 7 nitrogen and oxygen atoms in total. The summed E-state index contributed by atoms with van der Waals surface area (Å²) in [5, 5.41) is 2.91. The summed E-state index contributed by atoms with van der Waals surface area (Å²) >= 11 is 0. The molecule has 2 aliphatic rings. The lowest BCUT2D eigenvalue weighted by Crippen LogP contribution is -2.46. The number of carbonyl (C=O) groups excluding carboxylic acids is 1. The number of amides is 2. The predicted octanol–water partition coefficient (Wildman–Crippen LogP) is 4.34. The highest BCUT2D eigenvalue weighted by Crippen LogP contribution is 2.26. The van der Waals surface area contributed by atoms with Crippen LogP contribution in [0.3, 0.4) is 0 Å². The fourth-order valence-electron chi connectivity index (χ4n) is 4.30. The van der Waals surface area contributed by atoms with Crippen molar-refractivity contribution in [1.29, 1.82) is 0 Å². The van der Waals surface area contributed by atoms with Crippen LogP contribution in [0.25, 0.3) is 16.7 Å². The van der Waals surface area contributed by atoms with Crippen LogP contribution in [0.4, 0.5) is 4.79 Å². The maximum Gasteiger partial charge on any atom is 0.420 e. The second-order valence-electron chi connectivity index (χ2n) is 8.00. The van der Waals surface area contributed by atoms with E-state index in [1.807, 2.05) is 54.8 Å². The zero-order chi connectivity index (χ0) is 21.9. The molecule has 0 spiro atoms. The number of oxazole rings is 1. The number of para-hydroxylation sites is 2. The average molecular weight is 428 g/mol. The maximum absolute atomic E-state index is 12.8. The topological polar surface area (TPSA) is 79.8 Å². The van der Waals surface area contributed by atoms with Gasteiger partial charge in [0.15, 0.2) is 5.58 Å². The van der Waals surface area contributed by atoms with E-state index in [9.17, 15) is 9.59 Å². The van der Waals surface area contributed by atoms with Crippen molar-refractivity contribution < 1.29 is 9.21 Å². The number of benzene rings is 2. The Morgan fingerprint density at radius 2 is 1.78 bits per heavy atom. The first-order valence-corrected chi connectivity index (χ1v) is 10.8.